The molecule has 4 aromatic carbocycles. The van der Waals surface area contributed by atoms with E-state index in [2.05, 4.69) is 0 Å². The van der Waals surface area contributed by atoms with E-state index in [1.54, 1.807) is 0 Å². The van der Waals surface area contributed by atoms with Gasteiger partial charge < -0.3 is 19.7 Å². The van der Waals surface area contributed by atoms with Crippen molar-refractivity contribution in [1.29, 1.82) is 0 Å². The normalized spacial score (nSPS) is 18.1. The van der Waals surface area contributed by atoms with Crippen molar-refractivity contribution in [1.82, 2.24) is 0 Å². The maximum absolute atomic E-state index is 12.7. The van der Waals surface area contributed by atoms with Crippen molar-refractivity contribution in [2.24, 2.45) is 5.41 Å². The van der Waals surface area contributed by atoms with Gasteiger partial charge in [0, 0.05) is 5.41 Å². The molecule has 1 aliphatic heterocycles. The molecule has 4 aromatic rings. The minimum atomic E-state index is -1.61. The summed E-state index contributed by atoms with van der Waals surface area (Å²) in [4.78, 5) is 0. The Hall–Kier alpha value is -1.99. The monoisotopic (exact) mass is 612 g/mol. The van der Waals surface area contributed by atoms with Gasteiger partial charge in [-0.1, -0.05) is 142 Å². The fourth-order valence-electron chi connectivity index (χ4n) is 5.24. The number of ether oxygens (including phenoxy) is 2. The summed E-state index contributed by atoms with van der Waals surface area (Å²) in [7, 11) is 9.78. The van der Waals surface area contributed by atoms with Gasteiger partial charge in [0.1, 0.15) is 23.4 Å². The molecule has 7 heteroatoms. The van der Waals surface area contributed by atoms with E-state index in [4.69, 9.17) is 28.1 Å². The Labute approximate surface area is 253 Å². The summed E-state index contributed by atoms with van der Waals surface area (Å²) < 4.78 is 13.3. The molecule has 40 heavy (non-hydrogen) atoms. The van der Waals surface area contributed by atoms with Gasteiger partial charge in [0.25, 0.3) is 0 Å². The molecule has 0 bridgehead atoms. The van der Waals surface area contributed by atoms with Crippen molar-refractivity contribution in [3.63, 3.8) is 0 Å². The van der Waals surface area contributed by atoms with E-state index in [0.29, 0.717) is 22.3 Å². The molecule has 208 valence electrons. The number of hydrogen-bond acceptors (Lipinski definition) is 4. The average molecular weight is 613 g/mol. The molecule has 2 N–H and O–H groups in total. The van der Waals surface area contributed by atoms with Crippen LogP contribution < -0.4 is 0 Å². The second kappa shape index (κ2) is 13.3. The van der Waals surface area contributed by atoms with Gasteiger partial charge in [-0.2, -0.15) is 0 Å². The van der Waals surface area contributed by atoms with Crippen LogP contribution in [-0.2, 0) is 37.7 Å². The molecule has 0 spiro atoms. The van der Waals surface area contributed by atoms with Crippen LogP contribution in [0.3, 0.4) is 0 Å². The van der Waals surface area contributed by atoms with E-state index in [9.17, 15) is 10.2 Å². The van der Waals surface area contributed by atoms with E-state index in [-0.39, 0.29) is 0 Å². The Morgan fingerprint density at radius 3 is 0.950 bits per heavy atom. The molecular weight excluding hydrogens is 579 g/mol. The predicted octanol–water partition coefficient (Wildman–Crippen LogP) is 7.39. The Morgan fingerprint density at radius 1 is 0.525 bits per heavy atom. The first-order chi connectivity index (χ1) is 19.2. The zero-order valence-corrected chi connectivity index (χ0v) is 25.8. The van der Waals surface area contributed by atoms with Crippen LogP contribution in [0.1, 0.15) is 43.0 Å². The molecule has 1 heterocycles. The second-order valence-electron chi connectivity index (χ2n) is 10.9. The zero-order valence-electron chi connectivity index (χ0n) is 22.7. The summed E-state index contributed by atoms with van der Waals surface area (Å²) in [6.45, 7) is 6.10. The van der Waals surface area contributed by atoms with E-state index in [1.807, 2.05) is 142 Å². The van der Waals surface area contributed by atoms with Gasteiger partial charge in [-0.25, -0.2) is 0 Å². The summed E-state index contributed by atoms with van der Waals surface area (Å²) >= 11 is -0.556. The molecule has 4 nitrogen and oxygen atoms in total. The summed E-state index contributed by atoms with van der Waals surface area (Å²) in [5.74, 6) is 0. The molecule has 0 aliphatic carbocycles. The van der Waals surface area contributed by atoms with Crippen molar-refractivity contribution < 1.29 is 36.7 Å². The number of rotatable bonds is 6. The third kappa shape index (κ3) is 6.26. The zero-order chi connectivity index (χ0) is 28.8. The SMILES string of the molecule is CC(C)(C)C1O[C@@H](C(O)(c2ccccc2)c2ccccc2)[C@H](C(O)(c2ccccc2)c2ccccc2)O1.[Cl][Ti][Cl]. The molecule has 1 saturated heterocycles. The second-order valence-corrected chi connectivity index (χ2v) is 13.5. The third-order valence-electron chi connectivity index (χ3n) is 7.20. The fourth-order valence-corrected chi connectivity index (χ4v) is 5.24. The Balaban J connectivity index is 0.00000118. The molecule has 0 saturated carbocycles. The van der Waals surface area contributed by atoms with Crippen molar-refractivity contribution in [3.05, 3.63) is 144 Å². The molecule has 0 unspecified atom stereocenters. The molecule has 5 rings (SSSR count). The molecule has 2 atom stereocenters. The van der Waals surface area contributed by atoms with Crippen molar-refractivity contribution in [3.8, 4) is 0 Å². The van der Waals surface area contributed by atoms with Gasteiger partial charge in [0.05, 0.1) is 0 Å². The van der Waals surface area contributed by atoms with Crippen LogP contribution in [-0.4, -0.2) is 28.7 Å². The third-order valence-corrected chi connectivity index (χ3v) is 7.20. The standard InChI is InChI=1S/C33H34O4.2ClH.Ti/c1-31(2,3)30-36-28(32(34,24-16-8-4-9-17-24)25-18-10-5-11-19-25)29(37-30)33(35,26-20-12-6-13-21-26)27-22-14-7-15-23-27;;;/h4-23,28-30,34-35H,1-3H3;2*1H;/q;;;+2/p-2/t28-,29-;;;/m1.../s1. The molecule has 0 radical (unpaired) electrons. The van der Waals surface area contributed by atoms with Crippen LogP contribution in [0, 0.1) is 5.41 Å². The van der Waals surface area contributed by atoms with Crippen LogP contribution in [0.15, 0.2) is 121 Å². The fraction of sp³-hybridized carbons (Fsp3) is 0.273. The van der Waals surface area contributed by atoms with E-state index in [1.165, 1.54) is 0 Å². The summed E-state index contributed by atoms with van der Waals surface area (Å²) in [6, 6.07) is 38.0. The molecule has 1 fully saturated rings. The maximum atomic E-state index is 12.7. The van der Waals surface area contributed by atoms with E-state index < -0.39 is 52.1 Å². The van der Waals surface area contributed by atoms with Gasteiger partial charge in [-0.15, -0.1) is 0 Å². The van der Waals surface area contributed by atoms with Crippen molar-refractivity contribution in [2.45, 2.75) is 50.5 Å². The van der Waals surface area contributed by atoms with Gasteiger partial charge >= 0.3 is 35.6 Å². The topological polar surface area (TPSA) is 58.9 Å². The van der Waals surface area contributed by atoms with Gasteiger partial charge in [0.15, 0.2) is 6.29 Å². The summed E-state index contributed by atoms with van der Waals surface area (Å²) in [6.07, 6.45) is -2.54. The first-order valence-corrected chi connectivity index (χ1v) is 17.4. The Morgan fingerprint density at radius 2 is 0.750 bits per heavy atom. The van der Waals surface area contributed by atoms with E-state index in [0.717, 1.165) is 0 Å². The Kier molecular flexibility index (Phi) is 10.3. The number of halogens is 2. The van der Waals surface area contributed by atoms with Crippen LogP contribution in [0.4, 0.5) is 0 Å². The number of hydrogen-bond donors (Lipinski definition) is 2. The van der Waals surface area contributed by atoms with Gasteiger partial charge in [-0.3, -0.25) is 0 Å². The number of aliphatic hydroxyl groups is 2. The summed E-state index contributed by atoms with van der Waals surface area (Å²) in [5.41, 5.74) is -0.961. The molecule has 0 aromatic heterocycles. The van der Waals surface area contributed by atoms with Crippen LogP contribution in [0.25, 0.3) is 0 Å². The number of benzene rings is 4. The average Bonchev–Trinajstić information content (AvgIpc) is 3.46. The van der Waals surface area contributed by atoms with Crippen LogP contribution in [0.5, 0.6) is 0 Å². The minimum absolute atomic E-state index is 0.407. The van der Waals surface area contributed by atoms with Gasteiger partial charge in [-0.05, 0) is 22.3 Å². The Bertz CT molecular complexity index is 1140. The van der Waals surface area contributed by atoms with E-state index >= 15 is 0 Å². The molecular formula is C33H34Cl2O4Ti. The predicted molar refractivity (Wildman–Crippen MR) is 156 cm³/mol. The van der Waals surface area contributed by atoms with Crippen molar-refractivity contribution in [2.75, 3.05) is 0 Å². The first kappa shape index (κ1) is 31.0. The quantitative estimate of drug-likeness (QED) is 0.223. The van der Waals surface area contributed by atoms with Crippen LogP contribution in [0.2, 0.25) is 0 Å². The molecule has 1 aliphatic rings. The first-order valence-electron chi connectivity index (χ1n) is 13.1. The summed E-state index contributed by atoms with van der Waals surface area (Å²) in [5, 5.41) is 25.5. The van der Waals surface area contributed by atoms with Crippen LogP contribution >= 0.6 is 18.6 Å². The van der Waals surface area contributed by atoms with Crippen molar-refractivity contribution >= 4 is 18.6 Å². The molecule has 0 amide bonds. The van der Waals surface area contributed by atoms with Gasteiger partial charge in [0.2, 0.25) is 0 Å².